The lowest BCUT2D eigenvalue weighted by molar-refractivity contribution is 0.280. The summed E-state index contributed by atoms with van der Waals surface area (Å²) in [5, 5.41) is 0. The van der Waals surface area contributed by atoms with E-state index >= 15 is 0 Å². The Balaban J connectivity index is 2.51. The summed E-state index contributed by atoms with van der Waals surface area (Å²) in [6.07, 6.45) is 1.98. The van der Waals surface area contributed by atoms with E-state index in [0.717, 1.165) is 38.2 Å². The van der Waals surface area contributed by atoms with Crippen LogP contribution in [0, 0.1) is 0 Å². The lowest BCUT2D eigenvalue weighted by atomic mass is 10.0. The lowest BCUT2D eigenvalue weighted by Gasteiger charge is -2.22. The molecule has 19 heavy (non-hydrogen) atoms. The first-order valence-corrected chi connectivity index (χ1v) is 7.04. The third-order valence-electron chi connectivity index (χ3n) is 3.54. The van der Waals surface area contributed by atoms with Gasteiger partial charge < -0.3 is 9.64 Å². The van der Waals surface area contributed by atoms with Crippen LogP contribution in [0.1, 0.15) is 25.8 Å². The van der Waals surface area contributed by atoms with Gasteiger partial charge in [0.05, 0.1) is 7.11 Å². The third kappa shape index (κ3) is 5.59. The Labute approximate surface area is 116 Å². The first kappa shape index (κ1) is 16.0. The van der Waals surface area contributed by atoms with E-state index < -0.39 is 0 Å². The van der Waals surface area contributed by atoms with Gasteiger partial charge >= 0.3 is 0 Å². The lowest BCUT2D eigenvalue weighted by Crippen LogP contribution is -2.39. The van der Waals surface area contributed by atoms with Crippen LogP contribution >= 0.6 is 0 Å². The van der Waals surface area contributed by atoms with Crippen LogP contribution in [0.3, 0.4) is 0 Å². The number of hydrogen-bond acceptors (Lipinski definition) is 4. The number of benzene rings is 1. The number of nitrogens with one attached hydrogen (secondary N) is 1. The standard InChI is InChI=1S/C15H27N3O/c1-4-18(5-2)10-9-14(17-16)11-13-7-6-8-15(12-13)19-3/h6-8,12,14,17H,4-5,9-11,16H2,1-3H3. The predicted octanol–water partition coefficient (Wildman–Crippen LogP) is 1.80. The van der Waals surface area contributed by atoms with E-state index in [9.17, 15) is 0 Å². The van der Waals surface area contributed by atoms with Crippen molar-refractivity contribution in [2.24, 2.45) is 5.84 Å². The number of nitrogens with two attached hydrogens (primary N) is 1. The normalized spacial score (nSPS) is 12.7. The van der Waals surface area contributed by atoms with E-state index in [0.29, 0.717) is 6.04 Å². The molecule has 3 N–H and O–H groups in total. The second-order valence-electron chi connectivity index (χ2n) is 4.73. The molecule has 1 atom stereocenters. The molecular formula is C15H27N3O. The molecule has 0 spiro atoms. The molecule has 0 fully saturated rings. The van der Waals surface area contributed by atoms with Crippen LogP contribution < -0.4 is 16.0 Å². The number of rotatable bonds is 9. The highest BCUT2D eigenvalue weighted by Gasteiger charge is 2.10. The van der Waals surface area contributed by atoms with Crippen LogP contribution in [0.5, 0.6) is 5.75 Å². The van der Waals surface area contributed by atoms with E-state index in [2.05, 4.69) is 36.3 Å². The van der Waals surface area contributed by atoms with Crippen molar-refractivity contribution in [2.75, 3.05) is 26.7 Å². The summed E-state index contributed by atoms with van der Waals surface area (Å²) in [6.45, 7) is 7.64. The summed E-state index contributed by atoms with van der Waals surface area (Å²) in [6, 6.07) is 8.47. The summed E-state index contributed by atoms with van der Waals surface area (Å²) in [7, 11) is 1.69. The largest absolute Gasteiger partial charge is 0.497 e. The molecule has 0 heterocycles. The van der Waals surface area contributed by atoms with Crippen molar-refractivity contribution in [1.82, 2.24) is 10.3 Å². The molecule has 108 valence electrons. The first-order chi connectivity index (χ1) is 9.23. The van der Waals surface area contributed by atoms with Gasteiger partial charge in [-0.1, -0.05) is 26.0 Å². The summed E-state index contributed by atoms with van der Waals surface area (Å²) >= 11 is 0. The van der Waals surface area contributed by atoms with Crippen LogP contribution in [0.4, 0.5) is 0 Å². The van der Waals surface area contributed by atoms with Crippen LogP contribution in [0.2, 0.25) is 0 Å². The van der Waals surface area contributed by atoms with Crippen molar-refractivity contribution in [3.05, 3.63) is 29.8 Å². The smallest absolute Gasteiger partial charge is 0.119 e. The van der Waals surface area contributed by atoms with Crippen LogP contribution in [0.25, 0.3) is 0 Å². The van der Waals surface area contributed by atoms with E-state index in [1.807, 2.05) is 12.1 Å². The molecule has 4 nitrogen and oxygen atoms in total. The second-order valence-corrected chi connectivity index (χ2v) is 4.73. The number of ether oxygens (including phenoxy) is 1. The van der Waals surface area contributed by atoms with Crippen molar-refractivity contribution in [2.45, 2.75) is 32.7 Å². The van der Waals surface area contributed by atoms with Crippen molar-refractivity contribution in [3.63, 3.8) is 0 Å². The van der Waals surface area contributed by atoms with E-state index in [-0.39, 0.29) is 0 Å². The Morgan fingerprint density at radius 1 is 1.32 bits per heavy atom. The monoisotopic (exact) mass is 265 g/mol. The van der Waals surface area contributed by atoms with Gasteiger partial charge in [-0.3, -0.25) is 11.3 Å². The SMILES string of the molecule is CCN(CC)CCC(Cc1cccc(OC)c1)NN. The molecule has 1 rings (SSSR count). The minimum Gasteiger partial charge on any atom is -0.497 e. The van der Waals surface area contributed by atoms with Gasteiger partial charge in [0.25, 0.3) is 0 Å². The third-order valence-corrected chi connectivity index (χ3v) is 3.54. The zero-order chi connectivity index (χ0) is 14.1. The highest BCUT2D eigenvalue weighted by atomic mass is 16.5. The van der Waals surface area contributed by atoms with Crippen LogP contribution in [-0.2, 0) is 6.42 Å². The number of hydrogen-bond donors (Lipinski definition) is 2. The molecule has 0 saturated heterocycles. The van der Waals surface area contributed by atoms with Crippen molar-refractivity contribution < 1.29 is 4.74 Å². The summed E-state index contributed by atoms with van der Waals surface area (Å²) < 4.78 is 5.24. The summed E-state index contributed by atoms with van der Waals surface area (Å²) in [4.78, 5) is 2.41. The number of nitrogens with zero attached hydrogens (tertiary/aromatic N) is 1. The van der Waals surface area contributed by atoms with E-state index in [1.54, 1.807) is 7.11 Å². The highest BCUT2D eigenvalue weighted by molar-refractivity contribution is 5.28. The molecule has 4 heteroatoms. The molecule has 0 saturated carbocycles. The Morgan fingerprint density at radius 2 is 2.05 bits per heavy atom. The number of hydrazine groups is 1. The van der Waals surface area contributed by atoms with Gasteiger partial charge in [0.15, 0.2) is 0 Å². The van der Waals surface area contributed by atoms with Crippen molar-refractivity contribution >= 4 is 0 Å². The highest BCUT2D eigenvalue weighted by Crippen LogP contribution is 2.14. The van der Waals surface area contributed by atoms with Gasteiger partial charge in [0.1, 0.15) is 5.75 Å². The fourth-order valence-corrected chi connectivity index (χ4v) is 2.21. The fourth-order valence-electron chi connectivity index (χ4n) is 2.21. The Kier molecular flexibility index (Phi) is 7.48. The van der Waals surface area contributed by atoms with Gasteiger partial charge in [0.2, 0.25) is 0 Å². The van der Waals surface area contributed by atoms with E-state index in [4.69, 9.17) is 10.6 Å². The fraction of sp³-hybridized carbons (Fsp3) is 0.600. The quantitative estimate of drug-likeness (QED) is 0.528. The summed E-state index contributed by atoms with van der Waals surface area (Å²) in [5.74, 6) is 6.56. The predicted molar refractivity (Wildman–Crippen MR) is 80.2 cm³/mol. The Morgan fingerprint density at radius 3 is 2.63 bits per heavy atom. The first-order valence-electron chi connectivity index (χ1n) is 7.04. The molecule has 0 aliphatic heterocycles. The van der Waals surface area contributed by atoms with Crippen molar-refractivity contribution in [3.8, 4) is 5.75 Å². The number of methoxy groups -OCH3 is 1. The van der Waals surface area contributed by atoms with Crippen LogP contribution in [-0.4, -0.2) is 37.7 Å². The zero-order valence-electron chi connectivity index (χ0n) is 12.4. The molecular weight excluding hydrogens is 238 g/mol. The molecule has 0 aromatic heterocycles. The zero-order valence-corrected chi connectivity index (χ0v) is 12.4. The molecule has 1 aromatic rings. The maximum Gasteiger partial charge on any atom is 0.119 e. The second kappa shape index (κ2) is 8.91. The minimum absolute atomic E-state index is 0.299. The maximum atomic E-state index is 5.66. The molecule has 0 amide bonds. The van der Waals surface area contributed by atoms with Crippen molar-refractivity contribution in [1.29, 1.82) is 0 Å². The van der Waals surface area contributed by atoms with Gasteiger partial charge in [-0.2, -0.15) is 0 Å². The Hall–Kier alpha value is -1.10. The minimum atomic E-state index is 0.299. The molecule has 0 aliphatic rings. The van der Waals surface area contributed by atoms with Gasteiger partial charge in [-0.15, -0.1) is 0 Å². The molecule has 0 aliphatic carbocycles. The average molecular weight is 265 g/mol. The molecule has 0 radical (unpaired) electrons. The molecule has 1 unspecified atom stereocenters. The molecule has 1 aromatic carbocycles. The topological polar surface area (TPSA) is 50.5 Å². The van der Waals surface area contributed by atoms with E-state index in [1.165, 1.54) is 5.56 Å². The molecule has 0 bridgehead atoms. The summed E-state index contributed by atoms with van der Waals surface area (Å²) in [5.41, 5.74) is 4.18. The van der Waals surface area contributed by atoms with Gasteiger partial charge in [0, 0.05) is 6.04 Å². The maximum absolute atomic E-state index is 5.66. The van der Waals surface area contributed by atoms with Gasteiger partial charge in [-0.25, -0.2) is 0 Å². The average Bonchev–Trinajstić information content (AvgIpc) is 2.47. The Bertz CT molecular complexity index is 353. The van der Waals surface area contributed by atoms with Crippen LogP contribution in [0.15, 0.2) is 24.3 Å². The van der Waals surface area contributed by atoms with Gasteiger partial charge in [-0.05, 0) is 50.2 Å².